The summed E-state index contributed by atoms with van der Waals surface area (Å²) >= 11 is 1.61. The topological polar surface area (TPSA) is 225 Å². The van der Waals surface area contributed by atoms with Crippen molar-refractivity contribution in [3.63, 3.8) is 0 Å². The molecule has 82 heavy (non-hydrogen) atoms. The standard InChI is InChI=1S/C62H78N12O7S/c1-5-50(40-10-12-41(13-11-40)59-38(4)65-36-82-59)66-61(77)53-27-45(75)35-73(53)62(78)58(37(2)3)55-31-56(69-81-55)71-24-17-39(18-25-71)32-70-22-19-46(20-23-70)79-47-28-48(29-47)80-57-26-42(16-21-64-57)74-43-14-15-44(74)34-72(33-43)52-30-51(67-68-60(52)63)49-8-6-7-9-54(49)76/h6-13,16,21,26,30-31,36-37,39,43-48,50,53,58,75-76H,5,14-15,17-20,22-25,27-29,32-35H2,1-4H3,(H2,63,68)(H,66,77)/t43?,44?,45-,47?,48?,50-,53+,58-/m1/s1. The number of piperidine rings is 2. The van der Waals surface area contributed by atoms with E-state index >= 15 is 0 Å². The molecule has 19 nitrogen and oxygen atoms in total. The van der Waals surface area contributed by atoms with Crippen molar-refractivity contribution >= 4 is 46.2 Å². The van der Waals surface area contributed by atoms with Gasteiger partial charge in [0.05, 0.1) is 51.8 Å². The van der Waals surface area contributed by atoms with Crippen molar-refractivity contribution in [1.29, 1.82) is 0 Å². The van der Waals surface area contributed by atoms with Gasteiger partial charge in [0.2, 0.25) is 17.7 Å². The van der Waals surface area contributed by atoms with Crippen molar-refractivity contribution in [2.24, 2.45) is 11.8 Å². The van der Waals surface area contributed by atoms with Crippen LogP contribution in [0.2, 0.25) is 0 Å². The Bertz CT molecular complexity index is 3160. The molecule has 0 radical (unpaired) electrons. The fourth-order valence-electron chi connectivity index (χ4n) is 13.6. The molecule has 6 aliphatic rings. The molecule has 5 saturated heterocycles. The Kier molecular flexibility index (Phi) is 16.4. The first-order valence-corrected chi connectivity index (χ1v) is 30.7. The third-order valence-corrected chi connectivity index (χ3v) is 19.2. The van der Waals surface area contributed by atoms with Crippen LogP contribution in [-0.2, 0) is 14.3 Å². The van der Waals surface area contributed by atoms with Gasteiger partial charge in [-0.1, -0.05) is 62.3 Å². The molecule has 2 unspecified atom stereocenters. The van der Waals surface area contributed by atoms with Crippen LogP contribution >= 0.6 is 11.3 Å². The van der Waals surface area contributed by atoms with Gasteiger partial charge in [-0.2, -0.15) is 0 Å². The van der Waals surface area contributed by atoms with E-state index in [1.54, 1.807) is 28.4 Å². The second kappa shape index (κ2) is 24.1. The van der Waals surface area contributed by atoms with Gasteiger partial charge >= 0.3 is 0 Å². The van der Waals surface area contributed by atoms with E-state index in [0.717, 1.165) is 136 Å². The maximum absolute atomic E-state index is 14.5. The largest absolute Gasteiger partial charge is 0.507 e. The number of para-hydroxylation sites is 1. The van der Waals surface area contributed by atoms with Gasteiger partial charge < -0.3 is 59.8 Å². The van der Waals surface area contributed by atoms with Gasteiger partial charge in [-0.25, -0.2) is 9.97 Å². The van der Waals surface area contributed by atoms with Crippen molar-refractivity contribution in [2.75, 3.05) is 72.8 Å². The molecule has 5 aliphatic heterocycles. The zero-order valence-electron chi connectivity index (χ0n) is 47.6. The first-order chi connectivity index (χ1) is 39.8. The van der Waals surface area contributed by atoms with E-state index in [1.807, 2.05) is 75.8 Å². The fraction of sp³-hybridized carbons (Fsp3) is 0.532. The Labute approximate surface area is 484 Å². The summed E-state index contributed by atoms with van der Waals surface area (Å²) in [5.41, 5.74) is 14.5. The van der Waals surface area contributed by atoms with Crippen molar-refractivity contribution < 1.29 is 33.8 Å². The number of aromatic hydroxyl groups is 1. The molecule has 20 heteroatoms. The third kappa shape index (κ3) is 11.9. The fourth-order valence-corrected chi connectivity index (χ4v) is 14.5. The van der Waals surface area contributed by atoms with Gasteiger partial charge in [0.15, 0.2) is 17.4 Å². The Morgan fingerprint density at radius 2 is 1.61 bits per heavy atom. The number of fused-ring (bicyclic) bond motifs is 2. The van der Waals surface area contributed by atoms with Gasteiger partial charge in [0, 0.05) is 113 Å². The van der Waals surface area contributed by atoms with Crippen LogP contribution in [0.3, 0.4) is 0 Å². The highest BCUT2D eigenvalue weighted by Gasteiger charge is 2.45. The minimum absolute atomic E-state index is 0.0859. The predicted molar refractivity (Wildman–Crippen MR) is 316 cm³/mol. The normalized spacial score (nSPS) is 24.2. The molecule has 434 valence electrons. The van der Waals surface area contributed by atoms with Crippen LogP contribution in [0.25, 0.3) is 21.7 Å². The van der Waals surface area contributed by atoms with Crippen LogP contribution in [-0.4, -0.2) is 152 Å². The Hall–Kier alpha value is -6.87. The molecular formula is C62H78N12O7S. The predicted octanol–water partition coefficient (Wildman–Crippen LogP) is 8.38. The molecule has 5 N–H and O–H groups in total. The van der Waals surface area contributed by atoms with Crippen LogP contribution in [0.5, 0.6) is 11.6 Å². The number of amides is 2. The van der Waals surface area contributed by atoms with E-state index in [4.69, 9.17) is 19.7 Å². The number of nitrogens with two attached hydrogens (primary N) is 1. The summed E-state index contributed by atoms with van der Waals surface area (Å²) in [5, 5.41) is 37.6. The molecule has 6 atom stereocenters. The quantitative estimate of drug-likeness (QED) is 0.0634. The number of thiazole rings is 1. The molecular weight excluding hydrogens is 1060 g/mol. The first-order valence-electron chi connectivity index (χ1n) is 29.8. The van der Waals surface area contributed by atoms with E-state index in [-0.39, 0.29) is 60.8 Å². The van der Waals surface area contributed by atoms with Gasteiger partial charge in [-0.05, 0) is 99.1 Å². The van der Waals surface area contributed by atoms with Gasteiger partial charge in [0.1, 0.15) is 23.8 Å². The molecule has 2 aromatic carbocycles. The lowest BCUT2D eigenvalue weighted by Gasteiger charge is -2.43. The molecule has 0 spiro atoms. The summed E-state index contributed by atoms with van der Waals surface area (Å²) in [7, 11) is 0. The smallest absolute Gasteiger partial charge is 0.243 e. The number of aryl methyl sites for hydroxylation is 1. The number of phenols is 1. The molecule has 1 aliphatic carbocycles. The zero-order chi connectivity index (χ0) is 56.6. The molecule has 12 rings (SSSR count). The van der Waals surface area contributed by atoms with Gasteiger partial charge in [-0.3, -0.25) is 9.59 Å². The second-order valence-corrected chi connectivity index (χ2v) is 24.9. The molecule has 6 aromatic rings. The summed E-state index contributed by atoms with van der Waals surface area (Å²) in [6, 6.07) is 23.0. The average molecular weight is 1140 g/mol. The Balaban J connectivity index is 0.567. The van der Waals surface area contributed by atoms with Crippen LogP contribution in [0.15, 0.2) is 89.0 Å². The molecule has 9 heterocycles. The number of pyridine rings is 1. The maximum atomic E-state index is 14.5. The maximum Gasteiger partial charge on any atom is 0.243 e. The van der Waals surface area contributed by atoms with Crippen molar-refractivity contribution in [2.45, 2.75) is 146 Å². The molecule has 2 bridgehead atoms. The number of phenolic OH excluding ortho intramolecular Hbond substituents is 1. The number of likely N-dealkylation sites (tertiary alicyclic amines) is 2. The summed E-state index contributed by atoms with van der Waals surface area (Å²) in [6.45, 7) is 14.6. The van der Waals surface area contributed by atoms with Gasteiger partial charge in [0.25, 0.3) is 0 Å². The number of anilines is 4. The highest BCUT2D eigenvalue weighted by Crippen LogP contribution is 2.41. The lowest BCUT2D eigenvalue weighted by Crippen LogP contribution is -2.54. The summed E-state index contributed by atoms with van der Waals surface area (Å²) in [6.07, 6.45) is 10.5. The van der Waals surface area contributed by atoms with Crippen LogP contribution in [0.1, 0.15) is 114 Å². The lowest BCUT2D eigenvalue weighted by atomic mass is 9.91. The summed E-state index contributed by atoms with van der Waals surface area (Å²) < 4.78 is 19.1. The Morgan fingerprint density at radius 3 is 2.32 bits per heavy atom. The number of aliphatic hydroxyl groups excluding tert-OH is 1. The SMILES string of the molecule is CC[C@@H](NC(=O)[C@@H]1C[C@@H](O)CN1C(=O)[C@@H](c1cc(N2CCC(CN3CCC(OC4CC(Oc5cc(N6C7CCC6CN(c6cc(-c8ccccc8O)nnc6N)C7)ccn5)C4)CC3)CC2)no1)C(C)C)c1ccc(-c2scnc2C)cc1. The lowest BCUT2D eigenvalue weighted by molar-refractivity contribution is -0.141. The van der Waals surface area contributed by atoms with Crippen molar-refractivity contribution in [1.82, 2.24) is 40.4 Å². The number of piperazine rings is 1. The number of carbonyl (C=O) groups excluding carboxylic acids is 2. The number of hydrogen-bond donors (Lipinski definition) is 4. The molecule has 4 aromatic heterocycles. The highest BCUT2D eigenvalue weighted by atomic mass is 32.1. The number of aliphatic hydroxyl groups is 1. The number of nitrogens with one attached hydrogen (secondary N) is 1. The van der Waals surface area contributed by atoms with Crippen LogP contribution < -0.4 is 30.5 Å². The third-order valence-electron chi connectivity index (χ3n) is 18.2. The van der Waals surface area contributed by atoms with Crippen LogP contribution in [0, 0.1) is 18.8 Å². The minimum Gasteiger partial charge on any atom is -0.507 e. The van der Waals surface area contributed by atoms with Crippen molar-refractivity contribution in [3.8, 4) is 33.3 Å². The molecule has 6 fully saturated rings. The van der Waals surface area contributed by atoms with Gasteiger partial charge in [-0.15, -0.1) is 21.5 Å². The number of rotatable bonds is 18. The van der Waals surface area contributed by atoms with E-state index < -0.39 is 18.1 Å². The van der Waals surface area contributed by atoms with E-state index in [1.165, 1.54) is 0 Å². The number of benzene rings is 2. The number of hydrogen-bond acceptors (Lipinski definition) is 18. The molecule has 1 saturated carbocycles. The number of carbonyl (C=O) groups is 2. The average Bonchev–Trinajstić information content (AvgIpc) is 4.40. The van der Waals surface area contributed by atoms with E-state index in [2.05, 4.69) is 74.5 Å². The number of aromatic nitrogens is 5. The van der Waals surface area contributed by atoms with Crippen LogP contribution in [0.4, 0.5) is 23.0 Å². The van der Waals surface area contributed by atoms with E-state index in [9.17, 15) is 19.8 Å². The first kappa shape index (κ1) is 55.7. The Morgan fingerprint density at radius 1 is 0.854 bits per heavy atom. The van der Waals surface area contributed by atoms with Crippen molar-refractivity contribution in [3.05, 3.63) is 102 Å². The van der Waals surface area contributed by atoms with E-state index in [0.29, 0.717) is 53.1 Å². The number of ether oxygens (including phenoxy) is 2. The summed E-state index contributed by atoms with van der Waals surface area (Å²) in [5.74, 6) is 1.74. The number of nitrogen functional groups attached to an aromatic ring is 1. The number of β-amino-alcohol motifs (C(OH)–C–C–N with tert-alkyl or cyclic N) is 1. The minimum atomic E-state index is -0.803. The zero-order valence-corrected chi connectivity index (χ0v) is 48.4. The highest BCUT2D eigenvalue weighted by molar-refractivity contribution is 7.13. The second-order valence-electron chi connectivity index (χ2n) is 24.0. The summed E-state index contributed by atoms with van der Waals surface area (Å²) in [4.78, 5) is 49.9. The molecule has 2 amide bonds. The monoisotopic (exact) mass is 1130 g/mol. The number of nitrogens with zero attached hydrogens (tertiary/aromatic N) is 10.